The third-order valence-electron chi connectivity index (χ3n) is 6.24. The molecule has 12 heteroatoms. The van der Waals surface area contributed by atoms with E-state index >= 15 is 0 Å². The molecule has 1 aliphatic rings. The predicted molar refractivity (Wildman–Crippen MR) is 134 cm³/mol. The highest BCUT2D eigenvalue weighted by atomic mass is 19.4. The highest BCUT2D eigenvalue weighted by Gasteiger charge is 2.56. The van der Waals surface area contributed by atoms with Crippen LogP contribution >= 0.6 is 0 Å². The summed E-state index contributed by atoms with van der Waals surface area (Å²) >= 11 is 0. The van der Waals surface area contributed by atoms with Crippen molar-refractivity contribution in [2.24, 2.45) is 0 Å². The Labute approximate surface area is 223 Å². The molecule has 39 heavy (non-hydrogen) atoms. The van der Waals surface area contributed by atoms with Crippen molar-refractivity contribution >= 4 is 17.8 Å². The maximum absolute atomic E-state index is 13.7. The van der Waals surface area contributed by atoms with Crippen molar-refractivity contribution in [1.29, 1.82) is 0 Å². The second-order valence-electron chi connectivity index (χ2n) is 9.66. The van der Waals surface area contributed by atoms with Gasteiger partial charge in [0.15, 0.2) is 5.78 Å². The van der Waals surface area contributed by atoms with Crippen LogP contribution in [0.2, 0.25) is 0 Å². The first-order valence-electron chi connectivity index (χ1n) is 12.3. The van der Waals surface area contributed by atoms with E-state index in [0.29, 0.717) is 31.3 Å². The van der Waals surface area contributed by atoms with Gasteiger partial charge in [0.2, 0.25) is 5.91 Å². The Morgan fingerprint density at radius 3 is 2.28 bits per heavy atom. The Morgan fingerprint density at radius 1 is 1.03 bits per heavy atom. The Kier molecular flexibility index (Phi) is 9.10. The topological polar surface area (TPSA) is 114 Å². The van der Waals surface area contributed by atoms with E-state index in [1.807, 2.05) is 18.2 Å². The fraction of sp³-hybridized carbons (Fsp3) is 0.444. The lowest BCUT2D eigenvalue weighted by atomic mass is 9.99. The van der Waals surface area contributed by atoms with Gasteiger partial charge in [-0.05, 0) is 63.9 Å². The third-order valence-corrected chi connectivity index (χ3v) is 6.24. The maximum Gasteiger partial charge on any atom is 0.419 e. The number of benzene rings is 2. The SMILES string of the molecule is CC1(C)OCC(C)(C(=O)NCC(=O)c2ccc(OCCCCOc3ccccc3)c(C(F)(F)F)c2)N1C(=O)O. The summed E-state index contributed by atoms with van der Waals surface area (Å²) in [5.74, 6) is -1.32. The molecule has 2 amide bonds. The average molecular weight is 553 g/mol. The Balaban J connectivity index is 1.58. The minimum Gasteiger partial charge on any atom is -0.494 e. The van der Waals surface area contributed by atoms with Crippen LogP contribution in [0.3, 0.4) is 0 Å². The smallest absolute Gasteiger partial charge is 0.419 e. The van der Waals surface area contributed by atoms with Crippen LogP contribution in [0, 0.1) is 0 Å². The molecule has 3 rings (SSSR count). The summed E-state index contributed by atoms with van der Waals surface area (Å²) in [7, 11) is 0. The molecule has 2 N–H and O–H groups in total. The van der Waals surface area contributed by atoms with Crippen LogP contribution < -0.4 is 14.8 Å². The predicted octanol–water partition coefficient (Wildman–Crippen LogP) is 4.75. The molecule has 9 nitrogen and oxygen atoms in total. The first-order chi connectivity index (χ1) is 18.3. The number of nitrogens with one attached hydrogen (secondary N) is 1. The largest absolute Gasteiger partial charge is 0.494 e. The zero-order valence-electron chi connectivity index (χ0n) is 21.8. The van der Waals surface area contributed by atoms with Crippen LogP contribution in [-0.4, -0.2) is 65.4 Å². The van der Waals surface area contributed by atoms with Crippen molar-refractivity contribution < 1.29 is 46.9 Å². The average Bonchev–Trinajstić information content (AvgIpc) is 3.14. The number of ether oxygens (including phenoxy) is 3. The number of carbonyl (C=O) groups is 3. The number of alkyl halides is 3. The molecule has 2 aromatic carbocycles. The molecule has 0 saturated carbocycles. The van der Waals surface area contributed by atoms with Gasteiger partial charge in [0.05, 0.1) is 31.9 Å². The molecule has 212 valence electrons. The number of carboxylic acid groups (broad SMARTS) is 1. The number of hydrogen-bond donors (Lipinski definition) is 2. The first-order valence-corrected chi connectivity index (χ1v) is 12.3. The van der Waals surface area contributed by atoms with Gasteiger partial charge >= 0.3 is 12.3 Å². The molecule has 0 bridgehead atoms. The number of Topliss-reactive ketones (excluding diaryl/α,β-unsaturated/α-hetero) is 1. The van der Waals surface area contributed by atoms with Gasteiger partial charge in [-0.2, -0.15) is 13.2 Å². The van der Waals surface area contributed by atoms with Crippen LogP contribution in [0.5, 0.6) is 11.5 Å². The van der Waals surface area contributed by atoms with Gasteiger partial charge in [0.1, 0.15) is 22.8 Å². The van der Waals surface area contributed by atoms with Crippen LogP contribution in [0.4, 0.5) is 18.0 Å². The highest BCUT2D eigenvalue weighted by molar-refractivity contribution is 6.01. The van der Waals surface area contributed by atoms with E-state index in [2.05, 4.69) is 5.32 Å². The summed E-state index contributed by atoms with van der Waals surface area (Å²) < 4.78 is 57.5. The lowest BCUT2D eigenvalue weighted by Crippen LogP contribution is -2.61. The highest BCUT2D eigenvalue weighted by Crippen LogP contribution is 2.37. The van der Waals surface area contributed by atoms with Gasteiger partial charge in [-0.1, -0.05) is 18.2 Å². The number of para-hydroxylation sites is 1. The quantitative estimate of drug-likeness (QED) is 0.306. The van der Waals surface area contributed by atoms with Crippen LogP contribution in [-0.2, 0) is 15.7 Å². The summed E-state index contributed by atoms with van der Waals surface area (Å²) in [5, 5.41) is 11.9. The fourth-order valence-corrected chi connectivity index (χ4v) is 4.25. The molecular formula is C27H31F3N2O7. The van der Waals surface area contributed by atoms with Gasteiger partial charge in [-0.15, -0.1) is 0 Å². The lowest BCUT2D eigenvalue weighted by Gasteiger charge is -2.36. The Bertz CT molecular complexity index is 1190. The zero-order valence-corrected chi connectivity index (χ0v) is 21.8. The molecule has 1 saturated heterocycles. The van der Waals surface area contributed by atoms with Crippen molar-refractivity contribution in [3.8, 4) is 11.5 Å². The maximum atomic E-state index is 13.7. The number of hydrogen-bond acceptors (Lipinski definition) is 6. The van der Waals surface area contributed by atoms with Gasteiger partial charge in [0.25, 0.3) is 0 Å². The van der Waals surface area contributed by atoms with Crippen molar-refractivity contribution in [1.82, 2.24) is 10.2 Å². The summed E-state index contributed by atoms with van der Waals surface area (Å²) in [6.07, 6.45) is -5.17. The van der Waals surface area contributed by atoms with E-state index in [1.54, 1.807) is 12.1 Å². The monoisotopic (exact) mass is 552 g/mol. The summed E-state index contributed by atoms with van der Waals surface area (Å²) in [5.41, 5.74) is -4.31. The fourth-order valence-electron chi connectivity index (χ4n) is 4.25. The summed E-state index contributed by atoms with van der Waals surface area (Å²) in [6, 6.07) is 12.1. The van der Waals surface area contributed by atoms with Crippen molar-refractivity contribution in [2.45, 2.75) is 51.1 Å². The summed E-state index contributed by atoms with van der Waals surface area (Å²) in [6.45, 7) is 3.80. The molecule has 2 aromatic rings. The van der Waals surface area contributed by atoms with Gasteiger partial charge in [-0.3, -0.25) is 14.5 Å². The molecule has 0 aromatic heterocycles. The summed E-state index contributed by atoms with van der Waals surface area (Å²) in [4.78, 5) is 38.0. The minimum absolute atomic E-state index is 0.0155. The van der Waals surface area contributed by atoms with E-state index in [0.717, 1.165) is 11.0 Å². The Hall–Kier alpha value is -3.80. The zero-order chi connectivity index (χ0) is 28.8. The molecule has 0 spiro atoms. The van der Waals surface area contributed by atoms with Crippen molar-refractivity contribution in [3.63, 3.8) is 0 Å². The van der Waals surface area contributed by atoms with Crippen molar-refractivity contribution in [3.05, 3.63) is 59.7 Å². The number of rotatable bonds is 11. The first kappa shape index (κ1) is 29.8. The van der Waals surface area contributed by atoms with Crippen molar-refractivity contribution in [2.75, 3.05) is 26.4 Å². The number of unbranched alkanes of at least 4 members (excludes halogenated alkanes) is 1. The van der Waals surface area contributed by atoms with Gasteiger partial charge < -0.3 is 24.6 Å². The molecule has 1 fully saturated rings. The van der Waals surface area contributed by atoms with Crippen LogP contribution in [0.1, 0.15) is 49.5 Å². The van der Waals surface area contributed by atoms with Gasteiger partial charge in [-0.25, -0.2) is 4.79 Å². The van der Waals surface area contributed by atoms with Gasteiger partial charge in [0, 0.05) is 5.56 Å². The van der Waals surface area contributed by atoms with E-state index in [1.165, 1.54) is 26.8 Å². The third kappa shape index (κ3) is 7.20. The number of ketones is 1. The molecule has 1 aliphatic heterocycles. The normalized spacial score (nSPS) is 18.5. The molecule has 1 atom stereocenters. The molecule has 1 heterocycles. The minimum atomic E-state index is -4.78. The number of carbonyl (C=O) groups excluding carboxylic acids is 2. The number of halogens is 3. The standard InChI is InChI=1S/C27H31F3N2O7/c1-25(2)32(24(35)36)26(3,17-39-25)23(34)31-16-21(33)18-11-12-22(20(15-18)27(28,29)30)38-14-8-7-13-37-19-9-5-4-6-10-19/h4-6,9-12,15H,7-8,13-14,16-17H2,1-3H3,(H,31,34)(H,35,36). The van der Waals surface area contributed by atoms with Crippen LogP contribution in [0.15, 0.2) is 48.5 Å². The van der Waals surface area contributed by atoms with E-state index in [-0.39, 0.29) is 18.8 Å². The van der Waals surface area contributed by atoms with E-state index < -0.39 is 53.1 Å². The lowest BCUT2D eigenvalue weighted by molar-refractivity contribution is -0.139. The Morgan fingerprint density at radius 2 is 1.67 bits per heavy atom. The number of nitrogens with zero attached hydrogens (tertiary/aromatic N) is 1. The van der Waals surface area contributed by atoms with Crippen LogP contribution in [0.25, 0.3) is 0 Å². The van der Waals surface area contributed by atoms with E-state index in [4.69, 9.17) is 14.2 Å². The number of amides is 2. The molecule has 0 radical (unpaired) electrons. The van der Waals surface area contributed by atoms with E-state index in [9.17, 15) is 32.7 Å². The second-order valence-corrected chi connectivity index (χ2v) is 9.66. The molecule has 1 unspecified atom stereocenters. The molecule has 0 aliphatic carbocycles. The second kappa shape index (κ2) is 11.9. The molecular weight excluding hydrogens is 521 g/mol.